The normalized spacial score (nSPS) is 10.8. The number of fused-ring (bicyclic) bond motifs is 1. The summed E-state index contributed by atoms with van der Waals surface area (Å²) < 4.78 is 6.54. The number of aromatic hydroxyl groups is 1. The van der Waals surface area contributed by atoms with E-state index in [1.54, 1.807) is 36.4 Å². The number of phenols is 1. The van der Waals surface area contributed by atoms with Crippen molar-refractivity contribution in [1.29, 1.82) is 5.26 Å². The third kappa shape index (κ3) is 5.20. The lowest BCUT2D eigenvalue weighted by Crippen LogP contribution is -2.17. The number of phenolic OH excluding ortho intramolecular Hbond substituents is 1. The van der Waals surface area contributed by atoms with Gasteiger partial charge >= 0.3 is 0 Å². The molecule has 0 fully saturated rings. The first-order valence-corrected chi connectivity index (χ1v) is 10.8. The molecule has 0 aliphatic rings. The molecule has 0 aliphatic carbocycles. The molecule has 0 aromatic heterocycles. The topological polar surface area (TPSA) is 94.7 Å². The Morgan fingerprint density at radius 1 is 1.06 bits per heavy atom. The van der Waals surface area contributed by atoms with Gasteiger partial charge in [-0.3, -0.25) is 4.79 Å². The summed E-state index contributed by atoms with van der Waals surface area (Å²) in [5.74, 6) is -0.00156. The van der Waals surface area contributed by atoms with Gasteiger partial charge in [0.15, 0.2) is 0 Å². The zero-order valence-corrected chi connectivity index (χ0v) is 18.9. The van der Waals surface area contributed by atoms with Gasteiger partial charge in [0.25, 0.3) is 5.91 Å². The number of nitriles is 1. The summed E-state index contributed by atoms with van der Waals surface area (Å²) in [6.07, 6.45) is 1.50. The van der Waals surface area contributed by atoms with Gasteiger partial charge in [-0.25, -0.2) is 5.43 Å². The van der Waals surface area contributed by atoms with E-state index in [2.05, 4.69) is 32.5 Å². The predicted octanol–water partition coefficient (Wildman–Crippen LogP) is 5.52. The van der Waals surface area contributed by atoms with Crippen molar-refractivity contribution in [2.24, 2.45) is 5.10 Å². The standard InChI is InChI=1S/C26H18BrN3O3/c27-23-11-17(9-10-25(23)33-16-21-8-4-3-7-20(21)14-28)15-29-30-26(32)22-12-18-5-1-2-6-19(18)13-24(22)31/h1-13,15,31H,16H2,(H,30,32). The van der Waals surface area contributed by atoms with E-state index < -0.39 is 5.91 Å². The molecule has 0 atom stereocenters. The zero-order valence-electron chi connectivity index (χ0n) is 17.3. The van der Waals surface area contributed by atoms with Crippen LogP contribution in [0.15, 0.2) is 88.4 Å². The Labute approximate surface area is 198 Å². The Hall–Kier alpha value is -4.15. The van der Waals surface area contributed by atoms with Crippen LogP contribution in [0.3, 0.4) is 0 Å². The molecule has 6 nitrogen and oxygen atoms in total. The molecule has 0 spiro atoms. The first-order valence-electron chi connectivity index (χ1n) is 10.0. The second-order valence-electron chi connectivity index (χ2n) is 7.16. The van der Waals surface area contributed by atoms with E-state index in [1.165, 1.54) is 6.21 Å². The molecule has 0 saturated heterocycles. The molecule has 33 heavy (non-hydrogen) atoms. The monoisotopic (exact) mass is 499 g/mol. The van der Waals surface area contributed by atoms with Gasteiger partial charge in [0.1, 0.15) is 18.1 Å². The second-order valence-corrected chi connectivity index (χ2v) is 8.02. The summed E-state index contributed by atoms with van der Waals surface area (Å²) in [5.41, 5.74) is 4.70. The Morgan fingerprint density at radius 2 is 1.79 bits per heavy atom. The number of carbonyl (C=O) groups excluding carboxylic acids is 1. The number of rotatable bonds is 6. The molecule has 162 valence electrons. The number of hydrazone groups is 1. The van der Waals surface area contributed by atoms with Crippen LogP contribution in [-0.2, 0) is 6.61 Å². The van der Waals surface area contributed by atoms with Crippen LogP contribution in [0, 0.1) is 11.3 Å². The summed E-state index contributed by atoms with van der Waals surface area (Å²) in [4.78, 5) is 12.5. The molecule has 0 aliphatic heterocycles. The number of ether oxygens (including phenoxy) is 1. The van der Waals surface area contributed by atoms with Crippen molar-refractivity contribution in [2.45, 2.75) is 6.61 Å². The van der Waals surface area contributed by atoms with Crippen LogP contribution < -0.4 is 10.2 Å². The number of hydrogen-bond acceptors (Lipinski definition) is 5. The van der Waals surface area contributed by atoms with Crippen LogP contribution in [0.5, 0.6) is 11.5 Å². The van der Waals surface area contributed by atoms with E-state index in [9.17, 15) is 15.2 Å². The zero-order chi connectivity index (χ0) is 23.2. The first-order chi connectivity index (χ1) is 16.0. The van der Waals surface area contributed by atoms with Crippen LogP contribution in [0.2, 0.25) is 0 Å². The highest BCUT2D eigenvalue weighted by Crippen LogP contribution is 2.27. The number of nitrogens with zero attached hydrogens (tertiary/aromatic N) is 2. The number of hydrogen-bond donors (Lipinski definition) is 2. The number of benzene rings is 4. The second kappa shape index (κ2) is 9.98. The SMILES string of the molecule is N#Cc1ccccc1COc1ccc(C=NNC(=O)c2cc3ccccc3cc2O)cc1Br. The van der Waals surface area contributed by atoms with E-state index in [0.29, 0.717) is 15.8 Å². The van der Waals surface area contributed by atoms with Gasteiger partial charge in [-0.15, -0.1) is 0 Å². The number of nitrogens with one attached hydrogen (secondary N) is 1. The molecule has 1 amide bonds. The Morgan fingerprint density at radius 3 is 2.55 bits per heavy atom. The minimum absolute atomic E-state index is 0.108. The van der Waals surface area contributed by atoms with Gasteiger partial charge in [-0.05, 0) is 68.7 Å². The van der Waals surface area contributed by atoms with Crippen molar-refractivity contribution in [3.05, 3.63) is 106 Å². The van der Waals surface area contributed by atoms with E-state index in [0.717, 1.165) is 21.9 Å². The maximum Gasteiger partial charge on any atom is 0.275 e. The Balaban J connectivity index is 1.41. The van der Waals surface area contributed by atoms with Crippen molar-refractivity contribution in [3.8, 4) is 17.6 Å². The van der Waals surface area contributed by atoms with Gasteiger partial charge in [-0.1, -0.05) is 42.5 Å². The molecule has 4 aromatic rings. The Kier molecular flexibility index (Phi) is 6.67. The predicted molar refractivity (Wildman–Crippen MR) is 130 cm³/mol. The van der Waals surface area contributed by atoms with E-state index in [1.807, 2.05) is 42.5 Å². The largest absolute Gasteiger partial charge is 0.507 e. The quantitative estimate of drug-likeness (QED) is 0.269. The van der Waals surface area contributed by atoms with Crippen LogP contribution in [-0.4, -0.2) is 17.2 Å². The summed E-state index contributed by atoms with van der Waals surface area (Å²) in [5, 5.41) is 25.1. The highest BCUT2D eigenvalue weighted by atomic mass is 79.9. The summed E-state index contributed by atoms with van der Waals surface area (Å²) >= 11 is 3.47. The number of amides is 1. The maximum absolute atomic E-state index is 12.5. The molecule has 7 heteroatoms. The third-order valence-electron chi connectivity index (χ3n) is 4.97. The molecule has 4 rings (SSSR count). The van der Waals surface area contributed by atoms with Crippen molar-refractivity contribution < 1.29 is 14.6 Å². The summed E-state index contributed by atoms with van der Waals surface area (Å²) in [6, 6.07) is 25.4. The lowest BCUT2D eigenvalue weighted by atomic mass is 10.1. The van der Waals surface area contributed by atoms with Crippen molar-refractivity contribution in [2.75, 3.05) is 0 Å². The van der Waals surface area contributed by atoms with Crippen molar-refractivity contribution in [3.63, 3.8) is 0 Å². The minimum Gasteiger partial charge on any atom is -0.507 e. The lowest BCUT2D eigenvalue weighted by molar-refractivity contribution is 0.0952. The molecule has 2 N–H and O–H groups in total. The maximum atomic E-state index is 12.5. The van der Waals surface area contributed by atoms with Gasteiger partial charge in [0.05, 0.1) is 27.9 Å². The number of carbonyl (C=O) groups is 1. The molecular weight excluding hydrogens is 482 g/mol. The van der Waals surface area contributed by atoms with E-state index in [4.69, 9.17) is 4.74 Å². The van der Waals surface area contributed by atoms with Gasteiger partial charge in [0.2, 0.25) is 0 Å². The fraction of sp³-hybridized carbons (Fsp3) is 0.0385. The average molecular weight is 500 g/mol. The molecule has 0 heterocycles. The molecule has 4 aromatic carbocycles. The van der Waals surface area contributed by atoms with Gasteiger partial charge in [-0.2, -0.15) is 10.4 Å². The summed E-state index contributed by atoms with van der Waals surface area (Å²) in [7, 11) is 0. The molecule has 0 saturated carbocycles. The minimum atomic E-state index is -0.510. The van der Waals surface area contributed by atoms with Crippen LogP contribution in [0.1, 0.15) is 27.0 Å². The summed E-state index contributed by atoms with van der Waals surface area (Å²) in [6.45, 7) is 0.265. The molecule has 0 radical (unpaired) electrons. The highest BCUT2D eigenvalue weighted by molar-refractivity contribution is 9.10. The fourth-order valence-electron chi connectivity index (χ4n) is 3.26. The van der Waals surface area contributed by atoms with Crippen molar-refractivity contribution in [1.82, 2.24) is 5.43 Å². The van der Waals surface area contributed by atoms with Crippen molar-refractivity contribution >= 4 is 38.8 Å². The first kappa shape index (κ1) is 22.1. The smallest absolute Gasteiger partial charge is 0.275 e. The number of halogens is 1. The van der Waals surface area contributed by atoms with Crippen LogP contribution in [0.25, 0.3) is 10.8 Å². The fourth-order valence-corrected chi connectivity index (χ4v) is 3.77. The lowest BCUT2D eigenvalue weighted by Gasteiger charge is -2.10. The Bertz CT molecular complexity index is 1410. The van der Waals surface area contributed by atoms with E-state index >= 15 is 0 Å². The molecule has 0 unspecified atom stereocenters. The van der Waals surface area contributed by atoms with Gasteiger partial charge in [0, 0.05) is 5.56 Å². The highest BCUT2D eigenvalue weighted by Gasteiger charge is 2.12. The molecular formula is C26H18BrN3O3. The van der Waals surface area contributed by atoms with Crippen LogP contribution >= 0.6 is 15.9 Å². The van der Waals surface area contributed by atoms with Crippen LogP contribution in [0.4, 0.5) is 0 Å². The van der Waals surface area contributed by atoms with Gasteiger partial charge < -0.3 is 9.84 Å². The van der Waals surface area contributed by atoms with E-state index in [-0.39, 0.29) is 17.9 Å². The average Bonchev–Trinajstić information content (AvgIpc) is 2.83. The third-order valence-corrected chi connectivity index (χ3v) is 5.59. The molecule has 0 bridgehead atoms.